The van der Waals surface area contributed by atoms with Crippen molar-refractivity contribution in [3.63, 3.8) is 0 Å². The van der Waals surface area contributed by atoms with E-state index in [1.807, 2.05) is 0 Å². The van der Waals surface area contributed by atoms with Crippen molar-refractivity contribution in [2.45, 2.75) is 65.0 Å². The van der Waals surface area contributed by atoms with E-state index in [2.05, 4.69) is 38.8 Å². The van der Waals surface area contributed by atoms with Crippen molar-refractivity contribution < 1.29 is 0 Å². The number of nitriles is 1. The summed E-state index contributed by atoms with van der Waals surface area (Å²) in [4.78, 5) is 2.45. The summed E-state index contributed by atoms with van der Waals surface area (Å²) in [6.07, 6.45) is 6.06. The van der Waals surface area contributed by atoms with Crippen molar-refractivity contribution in [3.05, 3.63) is 0 Å². The molecule has 1 saturated carbocycles. The topological polar surface area (TPSA) is 27.0 Å². The van der Waals surface area contributed by atoms with Crippen LogP contribution in [0.2, 0.25) is 0 Å². The molecular weight excluding hydrogens is 196 g/mol. The zero-order valence-corrected chi connectivity index (χ0v) is 11.2. The van der Waals surface area contributed by atoms with Crippen LogP contribution in [0.15, 0.2) is 0 Å². The zero-order chi connectivity index (χ0) is 12.1. The van der Waals surface area contributed by atoms with Gasteiger partial charge in [0.2, 0.25) is 0 Å². The normalized spacial score (nSPS) is 28.1. The van der Waals surface area contributed by atoms with Crippen molar-refractivity contribution in [1.82, 2.24) is 4.90 Å². The summed E-state index contributed by atoms with van der Waals surface area (Å²) < 4.78 is 0. The van der Waals surface area contributed by atoms with Crippen LogP contribution in [0.3, 0.4) is 0 Å². The fourth-order valence-corrected chi connectivity index (χ4v) is 2.92. The molecule has 0 aromatic rings. The lowest BCUT2D eigenvalue weighted by Gasteiger charge is -2.38. The first-order chi connectivity index (χ1) is 7.56. The number of rotatable bonds is 4. The Bertz CT molecular complexity index is 242. The van der Waals surface area contributed by atoms with Gasteiger partial charge in [-0.25, -0.2) is 0 Å². The number of hydrogen-bond acceptors (Lipinski definition) is 2. The van der Waals surface area contributed by atoms with Gasteiger partial charge >= 0.3 is 0 Å². The first-order valence-electron chi connectivity index (χ1n) is 6.67. The van der Waals surface area contributed by atoms with Crippen molar-refractivity contribution in [2.75, 3.05) is 7.05 Å². The van der Waals surface area contributed by atoms with Gasteiger partial charge in [-0.05, 0) is 39.2 Å². The van der Waals surface area contributed by atoms with Gasteiger partial charge < -0.3 is 0 Å². The van der Waals surface area contributed by atoms with Crippen LogP contribution in [-0.4, -0.2) is 24.0 Å². The second-order valence-electron chi connectivity index (χ2n) is 5.73. The SMILES string of the molecule is CC(C)CC(C)N(C)C1CCCCC1C#N. The van der Waals surface area contributed by atoms with Crippen LogP contribution >= 0.6 is 0 Å². The van der Waals surface area contributed by atoms with Crippen LogP contribution in [-0.2, 0) is 0 Å². The van der Waals surface area contributed by atoms with Crippen molar-refractivity contribution in [1.29, 1.82) is 5.26 Å². The zero-order valence-electron chi connectivity index (χ0n) is 11.2. The Morgan fingerprint density at radius 1 is 1.25 bits per heavy atom. The van der Waals surface area contributed by atoms with E-state index in [-0.39, 0.29) is 5.92 Å². The second kappa shape index (κ2) is 6.25. The average Bonchev–Trinajstić information content (AvgIpc) is 2.27. The van der Waals surface area contributed by atoms with E-state index in [0.29, 0.717) is 12.1 Å². The van der Waals surface area contributed by atoms with Crippen molar-refractivity contribution in [3.8, 4) is 6.07 Å². The molecule has 1 aliphatic rings. The van der Waals surface area contributed by atoms with Gasteiger partial charge in [-0.2, -0.15) is 5.26 Å². The number of nitrogens with zero attached hydrogens (tertiary/aromatic N) is 2. The van der Waals surface area contributed by atoms with Gasteiger partial charge in [0.25, 0.3) is 0 Å². The minimum atomic E-state index is 0.258. The van der Waals surface area contributed by atoms with Crippen LogP contribution in [0, 0.1) is 23.2 Å². The molecule has 1 rings (SSSR count). The highest BCUT2D eigenvalue weighted by atomic mass is 15.2. The first kappa shape index (κ1) is 13.5. The third-order valence-corrected chi connectivity index (χ3v) is 3.93. The van der Waals surface area contributed by atoms with Gasteiger partial charge in [0.1, 0.15) is 0 Å². The van der Waals surface area contributed by atoms with Gasteiger partial charge in [0.05, 0.1) is 12.0 Å². The largest absolute Gasteiger partial charge is 0.299 e. The first-order valence-corrected chi connectivity index (χ1v) is 6.67. The molecule has 0 saturated heterocycles. The average molecular weight is 222 g/mol. The van der Waals surface area contributed by atoms with E-state index in [0.717, 1.165) is 12.3 Å². The highest BCUT2D eigenvalue weighted by molar-refractivity contribution is 4.96. The summed E-state index contributed by atoms with van der Waals surface area (Å²) in [6.45, 7) is 6.84. The van der Waals surface area contributed by atoms with Gasteiger partial charge in [-0.1, -0.05) is 26.7 Å². The lowest BCUT2D eigenvalue weighted by Crippen LogP contribution is -2.44. The Morgan fingerprint density at radius 3 is 2.44 bits per heavy atom. The van der Waals surface area contributed by atoms with Crippen LogP contribution in [0.4, 0.5) is 0 Å². The van der Waals surface area contributed by atoms with Gasteiger partial charge in [0.15, 0.2) is 0 Å². The van der Waals surface area contributed by atoms with E-state index in [1.165, 1.54) is 25.7 Å². The molecule has 2 nitrogen and oxygen atoms in total. The van der Waals surface area contributed by atoms with Gasteiger partial charge in [-0.15, -0.1) is 0 Å². The molecule has 0 bridgehead atoms. The third-order valence-electron chi connectivity index (χ3n) is 3.93. The number of hydrogen-bond donors (Lipinski definition) is 0. The third kappa shape index (κ3) is 3.49. The van der Waals surface area contributed by atoms with Crippen molar-refractivity contribution in [2.24, 2.45) is 11.8 Å². The summed E-state index contributed by atoms with van der Waals surface area (Å²) in [5.41, 5.74) is 0. The molecule has 1 aliphatic carbocycles. The molecule has 0 amide bonds. The molecule has 0 N–H and O–H groups in total. The molecule has 0 spiro atoms. The highest BCUT2D eigenvalue weighted by Gasteiger charge is 2.30. The molecule has 3 atom stereocenters. The van der Waals surface area contributed by atoms with E-state index >= 15 is 0 Å². The molecular formula is C14H26N2. The van der Waals surface area contributed by atoms with E-state index < -0.39 is 0 Å². The molecule has 92 valence electrons. The van der Waals surface area contributed by atoms with E-state index in [1.54, 1.807) is 0 Å². The maximum atomic E-state index is 9.20. The van der Waals surface area contributed by atoms with E-state index in [9.17, 15) is 5.26 Å². The minimum Gasteiger partial charge on any atom is -0.299 e. The predicted octanol–water partition coefficient (Wildman–Crippen LogP) is 3.44. The lowest BCUT2D eigenvalue weighted by atomic mass is 9.83. The Hall–Kier alpha value is -0.550. The lowest BCUT2D eigenvalue weighted by molar-refractivity contribution is 0.107. The fourth-order valence-electron chi connectivity index (χ4n) is 2.92. The fraction of sp³-hybridized carbons (Fsp3) is 0.929. The second-order valence-corrected chi connectivity index (χ2v) is 5.73. The molecule has 1 fully saturated rings. The van der Waals surface area contributed by atoms with Gasteiger partial charge in [-0.3, -0.25) is 4.90 Å². The predicted molar refractivity (Wildman–Crippen MR) is 68.0 cm³/mol. The Kier molecular flexibility index (Phi) is 5.28. The smallest absolute Gasteiger partial charge is 0.0672 e. The van der Waals surface area contributed by atoms with Crippen LogP contribution in [0.25, 0.3) is 0 Å². The monoisotopic (exact) mass is 222 g/mol. The summed E-state index contributed by atoms with van der Waals surface area (Å²) in [6, 6.07) is 3.59. The summed E-state index contributed by atoms with van der Waals surface area (Å²) >= 11 is 0. The van der Waals surface area contributed by atoms with Gasteiger partial charge in [0, 0.05) is 12.1 Å². The maximum absolute atomic E-state index is 9.20. The van der Waals surface area contributed by atoms with Crippen LogP contribution in [0.5, 0.6) is 0 Å². The van der Waals surface area contributed by atoms with Crippen LogP contribution in [0.1, 0.15) is 52.9 Å². The summed E-state index contributed by atoms with van der Waals surface area (Å²) in [7, 11) is 2.20. The molecule has 3 unspecified atom stereocenters. The molecule has 0 aliphatic heterocycles. The quantitative estimate of drug-likeness (QED) is 0.728. The maximum Gasteiger partial charge on any atom is 0.0672 e. The highest BCUT2D eigenvalue weighted by Crippen LogP contribution is 2.29. The minimum absolute atomic E-state index is 0.258. The summed E-state index contributed by atoms with van der Waals surface area (Å²) in [5.74, 6) is 0.995. The Morgan fingerprint density at radius 2 is 1.88 bits per heavy atom. The summed E-state index contributed by atoms with van der Waals surface area (Å²) in [5, 5.41) is 9.20. The van der Waals surface area contributed by atoms with E-state index in [4.69, 9.17) is 0 Å². The molecule has 0 aromatic heterocycles. The van der Waals surface area contributed by atoms with Crippen LogP contribution < -0.4 is 0 Å². The Balaban J connectivity index is 2.56. The molecule has 0 aromatic carbocycles. The molecule has 2 heteroatoms. The molecule has 0 radical (unpaired) electrons. The molecule has 16 heavy (non-hydrogen) atoms. The Labute approximate surface area is 101 Å². The van der Waals surface area contributed by atoms with Crippen molar-refractivity contribution >= 4 is 0 Å². The molecule has 0 heterocycles. The standard InChI is InChI=1S/C14H26N2/c1-11(2)9-12(3)16(4)14-8-6-5-7-13(14)10-15/h11-14H,5-9H2,1-4H3.